The molecule has 22 heavy (non-hydrogen) atoms. The number of hydrogen-bond donors (Lipinski definition) is 5. The third-order valence-electron chi connectivity index (χ3n) is 3.61. The predicted molar refractivity (Wildman–Crippen MR) is 75.2 cm³/mol. The van der Waals surface area contributed by atoms with Gasteiger partial charge in [0.25, 0.3) is 5.69 Å². The zero-order valence-electron chi connectivity index (χ0n) is 11.8. The summed E-state index contributed by atoms with van der Waals surface area (Å²) in [5.74, 6) is 0. The summed E-state index contributed by atoms with van der Waals surface area (Å²) in [4.78, 5) is 10.2. The Balaban J connectivity index is 2.17. The molecule has 1 saturated heterocycles. The van der Waals surface area contributed by atoms with Gasteiger partial charge in [0.05, 0.1) is 11.5 Å². The van der Waals surface area contributed by atoms with E-state index in [0.717, 1.165) is 0 Å². The molecule has 0 aliphatic carbocycles. The molecule has 0 radical (unpaired) electrons. The lowest BCUT2D eigenvalue weighted by molar-refractivity contribution is -0.384. The van der Waals surface area contributed by atoms with E-state index in [1.165, 1.54) is 18.2 Å². The van der Waals surface area contributed by atoms with Crippen LogP contribution >= 0.6 is 0 Å². The standard InChI is InChI=1S/C13H18N2O7/c1-6-4-7(15(20)21)2-3-8(6)14-13-12(19)11(18)10(17)9(5-16)22-13/h2-4,9-14,16-19H,5H2,1H3/t9-,10-,11+,12+,13?/m1/s1. The van der Waals surface area contributed by atoms with E-state index in [4.69, 9.17) is 9.84 Å². The molecular formula is C13H18N2O7. The SMILES string of the molecule is Cc1cc([N+](=O)[O-])ccc1NC1O[C@H](CO)[C@@H](O)[C@H](O)[C@@H]1O. The molecule has 5 atom stereocenters. The number of anilines is 1. The quantitative estimate of drug-likeness (QED) is 0.355. The van der Waals surface area contributed by atoms with E-state index in [9.17, 15) is 25.4 Å². The van der Waals surface area contributed by atoms with Gasteiger partial charge in [0.2, 0.25) is 0 Å². The van der Waals surface area contributed by atoms with Gasteiger partial charge in [-0.25, -0.2) is 0 Å². The summed E-state index contributed by atoms with van der Waals surface area (Å²) < 4.78 is 5.31. The molecule has 1 fully saturated rings. The Morgan fingerprint density at radius 3 is 2.50 bits per heavy atom. The van der Waals surface area contributed by atoms with Crippen molar-refractivity contribution in [3.8, 4) is 0 Å². The number of nitro benzene ring substituents is 1. The van der Waals surface area contributed by atoms with E-state index in [1.54, 1.807) is 6.92 Å². The maximum absolute atomic E-state index is 10.7. The lowest BCUT2D eigenvalue weighted by Crippen LogP contribution is -2.60. The van der Waals surface area contributed by atoms with Crippen molar-refractivity contribution in [1.82, 2.24) is 0 Å². The van der Waals surface area contributed by atoms with Gasteiger partial charge in [-0.05, 0) is 18.6 Å². The van der Waals surface area contributed by atoms with Gasteiger partial charge in [0, 0.05) is 17.8 Å². The monoisotopic (exact) mass is 314 g/mol. The minimum atomic E-state index is -1.48. The predicted octanol–water partition coefficient (Wildman–Crippen LogP) is -0.885. The second-order valence-electron chi connectivity index (χ2n) is 5.15. The van der Waals surface area contributed by atoms with Crippen LogP contribution in [0.4, 0.5) is 11.4 Å². The number of nitrogens with one attached hydrogen (secondary N) is 1. The van der Waals surface area contributed by atoms with Crippen LogP contribution in [0.2, 0.25) is 0 Å². The zero-order chi connectivity index (χ0) is 16.4. The second-order valence-corrected chi connectivity index (χ2v) is 5.15. The molecule has 1 aromatic rings. The molecule has 1 aliphatic rings. The maximum Gasteiger partial charge on any atom is 0.269 e. The van der Waals surface area contributed by atoms with Crippen molar-refractivity contribution in [3.63, 3.8) is 0 Å². The third-order valence-corrected chi connectivity index (χ3v) is 3.61. The van der Waals surface area contributed by atoms with E-state index in [0.29, 0.717) is 11.3 Å². The average Bonchev–Trinajstić information content (AvgIpc) is 2.49. The molecule has 122 valence electrons. The first-order valence-electron chi connectivity index (χ1n) is 6.67. The van der Waals surface area contributed by atoms with E-state index >= 15 is 0 Å². The number of aryl methyl sites for hydroxylation is 1. The summed E-state index contributed by atoms with van der Waals surface area (Å²) in [5, 5.41) is 52.0. The topological polar surface area (TPSA) is 145 Å². The van der Waals surface area contributed by atoms with Crippen LogP contribution < -0.4 is 5.32 Å². The minimum Gasteiger partial charge on any atom is -0.394 e. The lowest BCUT2D eigenvalue weighted by atomic mass is 9.98. The van der Waals surface area contributed by atoms with Gasteiger partial charge in [0.1, 0.15) is 24.4 Å². The number of nitrogens with zero attached hydrogens (tertiary/aromatic N) is 1. The van der Waals surface area contributed by atoms with Gasteiger partial charge < -0.3 is 30.5 Å². The Hall–Kier alpha value is -1.78. The van der Waals surface area contributed by atoms with Crippen LogP contribution in [0.3, 0.4) is 0 Å². The first kappa shape index (κ1) is 16.6. The molecule has 0 amide bonds. The van der Waals surface area contributed by atoms with Crippen LogP contribution in [0.1, 0.15) is 5.56 Å². The highest BCUT2D eigenvalue weighted by atomic mass is 16.6. The molecule has 9 nitrogen and oxygen atoms in total. The maximum atomic E-state index is 10.7. The Morgan fingerprint density at radius 1 is 1.27 bits per heavy atom. The van der Waals surface area contributed by atoms with Crippen LogP contribution in [0, 0.1) is 17.0 Å². The minimum absolute atomic E-state index is 0.0724. The molecule has 0 spiro atoms. The number of benzene rings is 1. The number of hydrogen-bond acceptors (Lipinski definition) is 8. The normalized spacial score (nSPS) is 31.8. The largest absolute Gasteiger partial charge is 0.394 e. The third kappa shape index (κ3) is 3.18. The van der Waals surface area contributed by atoms with Crippen LogP contribution in [0.15, 0.2) is 18.2 Å². The molecular weight excluding hydrogens is 296 g/mol. The van der Waals surface area contributed by atoms with E-state index in [1.807, 2.05) is 0 Å². The van der Waals surface area contributed by atoms with Crippen LogP contribution in [0.5, 0.6) is 0 Å². The van der Waals surface area contributed by atoms with Gasteiger partial charge in [-0.2, -0.15) is 0 Å². The second kappa shape index (κ2) is 6.55. The molecule has 0 aromatic heterocycles. The Kier molecular flexibility index (Phi) is 4.94. The molecule has 1 aliphatic heterocycles. The Morgan fingerprint density at radius 2 is 1.95 bits per heavy atom. The first-order valence-corrected chi connectivity index (χ1v) is 6.67. The molecule has 1 unspecified atom stereocenters. The van der Waals surface area contributed by atoms with Crippen molar-refractivity contribution >= 4 is 11.4 Å². The Labute approximate surface area is 125 Å². The highest BCUT2D eigenvalue weighted by molar-refractivity contribution is 5.55. The fourth-order valence-electron chi connectivity index (χ4n) is 2.30. The van der Waals surface area contributed by atoms with E-state index in [2.05, 4.69) is 5.32 Å². The number of aliphatic hydroxyl groups excluding tert-OH is 4. The van der Waals surface area contributed by atoms with Gasteiger partial charge in [0.15, 0.2) is 6.23 Å². The molecule has 0 bridgehead atoms. The molecule has 1 heterocycles. The van der Waals surface area contributed by atoms with Crippen molar-refractivity contribution < 1.29 is 30.1 Å². The van der Waals surface area contributed by atoms with E-state index < -0.39 is 42.2 Å². The average molecular weight is 314 g/mol. The lowest BCUT2D eigenvalue weighted by Gasteiger charge is -2.40. The first-order chi connectivity index (χ1) is 10.3. The van der Waals surface area contributed by atoms with Gasteiger partial charge in [-0.3, -0.25) is 10.1 Å². The Bertz CT molecular complexity index is 551. The molecule has 2 rings (SSSR count). The highest BCUT2D eigenvalue weighted by Gasteiger charge is 2.43. The summed E-state index contributed by atoms with van der Waals surface area (Å²) in [7, 11) is 0. The summed E-state index contributed by atoms with van der Waals surface area (Å²) in [6, 6.07) is 4.10. The number of non-ortho nitro benzene ring substituents is 1. The number of nitro groups is 1. The summed E-state index contributed by atoms with van der Waals surface area (Å²) in [6.07, 6.45) is -6.44. The van der Waals surface area contributed by atoms with Crippen LogP contribution in [-0.4, -0.2) is 62.6 Å². The molecule has 0 saturated carbocycles. The van der Waals surface area contributed by atoms with E-state index in [-0.39, 0.29) is 5.69 Å². The summed E-state index contributed by atoms with van der Waals surface area (Å²) >= 11 is 0. The number of ether oxygens (including phenoxy) is 1. The van der Waals surface area contributed by atoms with Crippen molar-refractivity contribution in [1.29, 1.82) is 0 Å². The molecule has 9 heteroatoms. The highest BCUT2D eigenvalue weighted by Crippen LogP contribution is 2.26. The van der Waals surface area contributed by atoms with Crippen LogP contribution in [-0.2, 0) is 4.74 Å². The van der Waals surface area contributed by atoms with Gasteiger partial charge in [-0.1, -0.05) is 0 Å². The molecule has 1 aromatic carbocycles. The summed E-state index contributed by atoms with van der Waals surface area (Å²) in [6.45, 7) is 1.11. The van der Waals surface area contributed by atoms with Crippen molar-refractivity contribution in [2.45, 2.75) is 37.6 Å². The van der Waals surface area contributed by atoms with Crippen molar-refractivity contribution in [2.75, 3.05) is 11.9 Å². The van der Waals surface area contributed by atoms with Gasteiger partial charge >= 0.3 is 0 Å². The zero-order valence-corrected chi connectivity index (χ0v) is 11.8. The number of aliphatic hydroxyl groups is 4. The van der Waals surface area contributed by atoms with Gasteiger partial charge in [-0.15, -0.1) is 0 Å². The van der Waals surface area contributed by atoms with Crippen molar-refractivity contribution in [3.05, 3.63) is 33.9 Å². The summed E-state index contributed by atoms with van der Waals surface area (Å²) in [5.41, 5.74) is 0.943. The fraction of sp³-hybridized carbons (Fsp3) is 0.538. The molecule has 5 N–H and O–H groups in total. The number of rotatable bonds is 4. The smallest absolute Gasteiger partial charge is 0.269 e. The van der Waals surface area contributed by atoms with Crippen LogP contribution in [0.25, 0.3) is 0 Å². The fourth-order valence-corrected chi connectivity index (χ4v) is 2.30. The van der Waals surface area contributed by atoms with Crippen molar-refractivity contribution in [2.24, 2.45) is 0 Å².